The first kappa shape index (κ1) is 34.1. The fourth-order valence-electron chi connectivity index (χ4n) is 2.16. The third-order valence-corrected chi connectivity index (χ3v) is 4.37. The number of H-pyrrole nitrogens is 1. The Kier molecular flexibility index (Phi) is 16.6. The average molecular weight is 534 g/mol. The molecule has 2 aromatic rings. The Morgan fingerprint density at radius 3 is 1.88 bits per heavy atom. The van der Waals surface area contributed by atoms with E-state index >= 15 is 0 Å². The molecule has 0 aromatic carbocycles. The van der Waals surface area contributed by atoms with E-state index in [9.17, 15) is 13.2 Å². The fourth-order valence-corrected chi connectivity index (χ4v) is 2.16. The summed E-state index contributed by atoms with van der Waals surface area (Å²) in [5.74, 6) is 1.32. The van der Waals surface area contributed by atoms with Gasteiger partial charge in [0.2, 0.25) is 0 Å². The van der Waals surface area contributed by atoms with Crippen LogP contribution >= 0.6 is 0 Å². The van der Waals surface area contributed by atoms with Crippen molar-refractivity contribution >= 4 is 20.2 Å². The highest BCUT2D eigenvalue weighted by Crippen LogP contribution is 2.20. The summed E-state index contributed by atoms with van der Waals surface area (Å²) in [7, 11) is -7.94. The third-order valence-electron chi connectivity index (χ3n) is 3.80. The lowest BCUT2D eigenvalue weighted by atomic mass is 10.2. The number of imidazole rings is 1. The molecule has 0 radical (unpaired) electrons. The second-order valence-electron chi connectivity index (χ2n) is 7.20. The number of nitrogens with one attached hydrogen (secondary N) is 1. The van der Waals surface area contributed by atoms with Crippen molar-refractivity contribution in [1.29, 1.82) is 0 Å². The molecule has 0 fully saturated rings. The van der Waals surface area contributed by atoms with Crippen molar-refractivity contribution < 1.29 is 48.2 Å². The lowest BCUT2D eigenvalue weighted by Gasteiger charge is -2.08. The van der Waals surface area contributed by atoms with Crippen LogP contribution in [-0.2, 0) is 40.2 Å². The molecule has 0 aliphatic heterocycles. The minimum absolute atomic E-state index is 0.604. The van der Waals surface area contributed by atoms with Crippen molar-refractivity contribution in [3.63, 3.8) is 0 Å². The highest BCUT2D eigenvalue weighted by molar-refractivity contribution is 7.86. The van der Waals surface area contributed by atoms with E-state index in [1.165, 1.54) is 43.5 Å². The topological polar surface area (TPSA) is 138 Å². The molecule has 2 aromatic heterocycles. The molecule has 34 heavy (non-hydrogen) atoms. The molecule has 0 aliphatic rings. The number of aromatic nitrogens is 3. The van der Waals surface area contributed by atoms with Crippen LogP contribution in [-0.4, -0.2) is 42.7 Å². The van der Waals surface area contributed by atoms with Crippen LogP contribution in [0.2, 0.25) is 0 Å². The van der Waals surface area contributed by atoms with Gasteiger partial charge in [0, 0.05) is 30.7 Å². The molecule has 0 spiro atoms. The number of unbranched alkanes of at least 4 members (excludes halogenated alkanes) is 2. The van der Waals surface area contributed by atoms with Crippen molar-refractivity contribution in [2.75, 3.05) is 6.26 Å². The molecule has 0 aliphatic carbocycles. The van der Waals surface area contributed by atoms with E-state index in [-0.39, 0.29) is 0 Å². The van der Waals surface area contributed by atoms with E-state index in [0.717, 1.165) is 6.54 Å². The van der Waals surface area contributed by atoms with E-state index in [4.69, 9.17) is 25.9 Å². The Labute approximate surface area is 200 Å². The first-order valence-corrected chi connectivity index (χ1v) is 13.5. The first-order chi connectivity index (χ1) is 15.4. The molecule has 0 atom stereocenters. The standard InChI is InChI=1S/C10H16N.C8H14N2.CHF3O3S.CH4O3S/c1-3-4-7-11-8-5-6-10(2)9-11;1-3-4-5-8-9-6-7-10(8)2;2-1(3,4)8(5,6)7;1-5(2,3)4/h5-6,8-9H,3-4,7H2,1-2H3;6-7H,3-5H2,1-2H3;(H,5,6,7);1H3,(H,2,3,4)/q+1;;;/p-1. The fraction of sp³-hybridized carbons (Fsp3) is 0.600. The lowest BCUT2D eigenvalue weighted by molar-refractivity contribution is -0.697. The number of rotatable bonds is 6. The summed E-state index contributed by atoms with van der Waals surface area (Å²) in [6.07, 6.45) is 15.2. The van der Waals surface area contributed by atoms with Crippen LogP contribution < -0.4 is 9.13 Å². The highest BCUT2D eigenvalue weighted by Gasteiger charge is 2.36. The molecule has 9 nitrogen and oxygen atoms in total. The third kappa shape index (κ3) is 20.6. The van der Waals surface area contributed by atoms with Gasteiger partial charge in [-0.25, -0.2) is 31.0 Å². The van der Waals surface area contributed by atoms with E-state index in [1.807, 2.05) is 12.4 Å². The molecule has 0 bridgehead atoms. The minimum Gasteiger partial charge on any atom is -0.748 e. The van der Waals surface area contributed by atoms with Gasteiger partial charge in [-0.15, -0.1) is 0 Å². The van der Waals surface area contributed by atoms with Gasteiger partial charge in [0.15, 0.2) is 22.5 Å². The average Bonchev–Trinajstić information content (AvgIpc) is 3.08. The lowest BCUT2D eigenvalue weighted by Crippen LogP contribution is -2.32. The maximum absolute atomic E-state index is 10.7. The number of aryl methyl sites for hydroxylation is 4. The maximum Gasteiger partial charge on any atom is 0.485 e. The zero-order chi connectivity index (χ0) is 27.0. The second-order valence-corrected chi connectivity index (χ2v) is 9.98. The number of nitrogens with zero attached hydrogens (tertiary/aromatic N) is 2. The van der Waals surface area contributed by atoms with E-state index < -0.39 is 25.7 Å². The van der Waals surface area contributed by atoms with Crippen LogP contribution in [0.4, 0.5) is 13.2 Å². The molecule has 2 rings (SSSR count). The summed E-state index contributed by atoms with van der Waals surface area (Å²) < 4.78 is 90.5. The van der Waals surface area contributed by atoms with Gasteiger partial charge < -0.3 is 9.11 Å². The molecule has 0 unspecified atom stereocenters. The summed E-state index contributed by atoms with van der Waals surface area (Å²) >= 11 is 0. The van der Waals surface area contributed by atoms with Crippen LogP contribution in [0.15, 0.2) is 36.9 Å². The predicted molar refractivity (Wildman–Crippen MR) is 118 cm³/mol. The number of halogens is 3. The summed E-state index contributed by atoms with van der Waals surface area (Å²) in [5, 5.41) is 0. The monoisotopic (exact) mass is 533 g/mol. The molecular weight excluding hydrogens is 499 g/mol. The van der Waals surface area contributed by atoms with Gasteiger partial charge >= 0.3 is 5.51 Å². The Hall–Kier alpha value is -2.03. The quantitative estimate of drug-likeness (QED) is 0.344. The number of aromatic amines is 1. The highest BCUT2D eigenvalue weighted by atomic mass is 32.2. The number of pyridine rings is 1. The SMILES string of the molecule is CCCC[n+]1cccc(C)c1.CCCCc1[nH]cc[n+]1C.CS(=O)(=O)[O-].O=S(=O)([O-])C(F)(F)F. The van der Waals surface area contributed by atoms with Crippen LogP contribution in [0.25, 0.3) is 0 Å². The first-order valence-electron chi connectivity index (χ1n) is 10.3. The number of hydrogen-bond acceptors (Lipinski definition) is 6. The molecule has 0 saturated carbocycles. The van der Waals surface area contributed by atoms with Crippen molar-refractivity contribution in [1.82, 2.24) is 4.98 Å². The predicted octanol–water partition coefficient (Wildman–Crippen LogP) is 2.48. The molecule has 198 valence electrons. The summed E-state index contributed by atoms with van der Waals surface area (Å²) in [4.78, 5) is 3.20. The normalized spacial score (nSPS) is 11.2. The van der Waals surface area contributed by atoms with E-state index in [0.29, 0.717) is 6.26 Å². The maximum atomic E-state index is 10.7. The van der Waals surface area contributed by atoms with Gasteiger partial charge in [-0.3, -0.25) is 0 Å². The molecule has 14 heteroatoms. The van der Waals surface area contributed by atoms with E-state index in [1.54, 1.807) is 0 Å². The van der Waals surface area contributed by atoms with Gasteiger partial charge in [0.05, 0.1) is 17.2 Å². The van der Waals surface area contributed by atoms with Crippen LogP contribution in [0.1, 0.15) is 50.9 Å². The van der Waals surface area contributed by atoms with Crippen LogP contribution in [0.5, 0.6) is 0 Å². The summed E-state index contributed by atoms with van der Waals surface area (Å²) in [5.41, 5.74) is -4.31. The molecule has 0 amide bonds. The Balaban J connectivity index is 0. The van der Waals surface area contributed by atoms with Gasteiger partial charge in [-0.1, -0.05) is 26.7 Å². The smallest absolute Gasteiger partial charge is 0.485 e. The summed E-state index contributed by atoms with van der Waals surface area (Å²) in [6.45, 7) is 7.71. The minimum atomic E-state index is -6.09. The van der Waals surface area contributed by atoms with Crippen molar-refractivity contribution in [2.24, 2.45) is 7.05 Å². The Bertz CT molecular complexity index is 1020. The van der Waals surface area contributed by atoms with E-state index in [2.05, 4.69) is 66.5 Å². The number of alkyl halides is 3. The van der Waals surface area contributed by atoms with Crippen LogP contribution in [0.3, 0.4) is 0 Å². The zero-order valence-electron chi connectivity index (χ0n) is 20.0. The number of hydrogen-bond donors (Lipinski definition) is 1. The van der Waals surface area contributed by atoms with Gasteiger partial charge in [0.25, 0.3) is 5.82 Å². The van der Waals surface area contributed by atoms with Gasteiger partial charge in [-0.05, 0) is 19.4 Å². The summed E-state index contributed by atoms with van der Waals surface area (Å²) in [6, 6.07) is 4.23. The largest absolute Gasteiger partial charge is 0.748 e. The zero-order valence-corrected chi connectivity index (χ0v) is 21.6. The van der Waals surface area contributed by atoms with Gasteiger partial charge in [-0.2, -0.15) is 13.2 Å². The second kappa shape index (κ2) is 16.6. The molecule has 2 heterocycles. The van der Waals surface area contributed by atoms with Crippen molar-refractivity contribution in [2.45, 2.75) is 64.9 Å². The Morgan fingerprint density at radius 1 is 1.03 bits per heavy atom. The molecular formula is C20H34F3N3O6S2. The molecule has 0 saturated heterocycles. The van der Waals surface area contributed by atoms with Crippen molar-refractivity contribution in [3.8, 4) is 0 Å². The van der Waals surface area contributed by atoms with Crippen LogP contribution in [0, 0.1) is 6.92 Å². The van der Waals surface area contributed by atoms with Crippen molar-refractivity contribution in [3.05, 3.63) is 48.3 Å². The Morgan fingerprint density at radius 2 is 1.53 bits per heavy atom. The van der Waals surface area contributed by atoms with Gasteiger partial charge in [0.1, 0.15) is 18.9 Å². The molecule has 1 N–H and O–H groups in total.